The van der Waals surface area contributed by atoms with Gasteiger partial charge in [-0.3, -0.25) is 0 Å². The van der Waals surface area contributed by atoms with Crippen molar-refractivity contribution in [2.24, 2.45) is 0 Å². The molecule has 0 spiro atoms. The molecule has 0 aromatic carbocycles. The number of alkyl halides is 1. The Morgan fingerprint density at radius 1 is 1.54 bits per heavy atom. The molecule has 0 N–H and O–H groups in total. The Hall–Kier alpha value is -0.220. The topological polar surface area (TPSA) is 38.9 Å². The van der Waals surface area contributed by atoms with E-state index in [-0.39, 0.29) is 0 Å². The fraction of sp³-hybridized carbons (Fsp3) is 0.750. The Bertz CT molecular complexity index is 273. The molecule has 2 rings (SSSR count). The van der Waals surface area contributed by atoms with Gasteiger partial charge in [0.05, 0.1) is 5.25 Å². The van der Waals surface area contributed by atoms with Crippen LogP contribution in [-0.2, 0) is 5.88 Å². The Morgan fingerprint density at radius 3 is 3.08 bits per heavy atom. The number of thioether (sulfide) groups is 1. The van der Waals surface area contributed by atoms with Gasteiger partial charge in [0.2, 0.25) is 5.89 Å². The van der Waals surface area contributed by atoms with Crippen molar-refractivity contribution in [2.45, 2.75) is 30.4 Å². The van der Waals surface area contributed by atoms with Crippen LogP contribution < -0.4 is 0 Å². The molecule has 1 aliphatic rings. The molecule has 3 nitrogen and oxygen atoms in total. The highest BCUT2D eigenvalue weighted by molar-refractivity contribution is 7.99. The molecule has 0 amide bonds. The Kier molecular flexibility index (Phi) is 3.11. The summed E-state index contributed by atoms with van der Waals surface area (Å²) in [6, 6.07) is 0. The summed E-state index contributed by atoms with van der Waals surface area (Å²) in [7, 11) is 0. The second kappa shape index (κ2) is 4.33. The van der Waals surface area contributed by atoms with E-state index in [9.17, 15) is 0 Å². The molecular weight excluding hydrogens is 208 g/mol. The first-order chi connectivity index (χ1) is 6.40. The lowest BCUT2D eigenvalue weighted by atomic mass is 10.2. The highest BCUT2D eigenvalue weighted by Gasteiger charge is 2.20. The van der Waals surface area contributed by atoms with E-state index in [2.05, 4.69) is 10.1 Å². The molecule has 0 aliphatic carbocycles. The zero-order valence-corrected chi connectivity index (χ0v) is 8.77. The van der Waals surface area contributed by atoms with Gasteiger partial charge in [0.15, 0.2) is 5.82 Å². The lowest BCUT2D eigenvalue weighted by molar-refractivity contribution is 0.383. The van der Waals surface area contributed by atoms with Gasteiger partial charge in [-0.15, -0.1) is 11.6 Å². The van der Waals surface area contributed by atoms with Gasteiger partial charge >= 0.3 is 0 Å². The van der Waals surface area contributed by atoms with Crippen LogP contribution in [0.5, 0.6) is 0 Å². The van der Waals surface area contributed by atoms with Gasteiger partial charge in [0.1, 0.15) is 5.88 Å². The van der Waals surface area contributed by atoms with E-state index < -0.39 is 0 Å². The summed E-state index contributed by atoms with van der Waals surface area (Å²) in [5.41, 5.74) is 0. The Balaban J connectivity index is 2.05. The van der Waals surface area contributed by atoms with Crippen LogP contribution in [0.4, 0.5) is 0 Å². The van der Waals surface area contributed by atoms with Crippen molar-refractivity contribution < 1.29 is 4.52 Å². The molecule has 1 fully saturated rings. The van der Waals surface area contributed by atoms with E-state index >= 15 is 0 Å². The van der Waals surface area contributed by atoms with Crippen LogP contribution in [0.2, 0.25) is 0 Å². The predicted molar refractivity (Wildman–Crippen MR) is 52.9 cm³/mol. The van der Waals surface area contributed by atoms with Crippen LogP contribution in [0.25, 0.3) is 0 Å². The Labute approximate surface area is 86.2 Å². The molecule has 0 radical (unpaired) electrons. The molecule has 1 aliphatic heterocycles. The number of nitrogens with zero attached hydrogens (tertiary/aromatic N) is 2. The highest BCUT2D eigenvalue weighted by Crippen LogP contribution is 2.36. The first kappa shape index (κ1) is 9.34. The third-order valence-corrected chi connectivity index (χ3v) is 3.67. The molecule has 1 saturated heterocycles. The van der Waals surface area contributed by atoms with Crippen molar-refractivity contribution in [3.63, 3.8) is 0 Å². The molecule has 1 aromatic rings. The summed E-state index contributed by atoms with van der Waals surface area (Å²) in [6.07, 6.45) is 3.73. The molecule has 1 unspecified atom stereocenters. The third kappa shape index (κ3) is 2.17. The summed E-state index contributed by atoms with van der Waals surface area (Å²) in [6.45, 7) is 0. The van der Waals surface area contributed by atoms with E-state index in [1.54, 1.807) is 0 Å². The lowest BCUT2D eigenvalue weighted by Crippen LogP contribution is -2.03. The molecule has 0 saturated carbocycles. The second-order valence-electron chi connectivity index (χ2n) is 3.04. The zero-order chi connectivity index (χ0) is 9.10. The fourth-order valence-electron chi connectivity index (χ4n) is 1.40. The second-order valence-corrected chi connectivity index (χ2v) is 4.61. The monoisotopic (exact) mass is 218 g/mol. The molecule has 1 atom stereocenters. The maximum Gasteiger partial charge on any atom is 0.241 e. The van der Waals surface area contributed by atoms with E-state index in [1.807, 2.05) is 11.8 Å². The molecule has 13 heavy (non-hydrogen) atoms. The van der Waals surface area contributed by atoms with Gasteiger partial charge in [-0.05, 0) is 18.6 Å². The first-order valence-electron chi connectivity index (χ1n) is 4.40. The van der Waals surface area contributed by atoms with Gasteiger partial charge in [-0.1, -0.05) is 11.6 Å². The van der Waals surface area contributed by atoms with Crippen molar-refractivity contribution in [1.82, 2.24) is 10.1 Å². The van der Waals surface area contributed by atoms with Crippen LogP contribution in [-0.4, -0.2) is 15.9 Å². The molecule has 1 aromatic heterocycles. The average molecular weight is 219 g/mol. The summed E-state index contributed by atoms with van der Waals surface area (Å²) in [5, 5.41) is 4.34. The van der Waals surface area contributed by atoms with Crippen LogP contribution in [0.15, 0.2) is 4.52 Å². The van der Waals surface area contributed by atoms with Crippen LogP contribution >= 0.6 is 23.4 Å². The highest BCUT2D eigenvalue weighted by atomic mass is 35.5. The van der Waals surface area contributed by atoms with Gasteiger partial charge < -0.3 is 4.52 Å². The predicted octanol–water partition coefficient (Wildman–Crippen LogP) is 2.77. The lowest BCUT2D eigenvalue weighted by Gasteiger charge is -2.17. The quantitative estimate of drug-likeness (QED) is 0.716. The summed E-state index contributed by atoms with van der Waals surface area (Å²) in [4.78, 5) is 4.22. The minimum atomic E-state index is 0.310. The minimum Gasteiger partial charge on any atom is -0.338 e. The zero-order valence-electron chi connectivity index (χ0n) is 7.20. The number of rotatable bonds is 2. The van der Waals surface area contributed by atoms with E-state index in [1.165, 1.54) is 18.6 Å². The molecule has 5 heteroatoms. The van der Waals surface area contributed by atoms with Gasteiger partial charge in [-0.2, -0.15) is 16.7 Å². The van der Waals surface area contributed by atoms with Gasteiger partial charge in [0, 0.05) is 0 Å². The SMILES string of the molecule is ClCc1nc(C2CCCCS2)no1. The van der Waals surface area contributed by atoms with Gasteiger partial charge in [-0.25, -0.2) is 0 Å². The van der Waals surface area contributed by atoms with Crippen LogP contribution in [0.1, 0.15) is 36.2 Å². The minimum absolute atomic E-state index is 0.310. The van der Waals surface area contributed by atoms with Crippen molar-refractivity contribution in [3.05, 3.63) is 11.7 Å². The summed E-state index contributed by atoms with van der Waals surface area (Å²) in [5.74, 6) is 2.86. The van der Waals surface area contributed by atoms with Crippen LogP contribution in [0.3, 0.4) is 0 Å². The van der Waals surface area contributed by atoms with Crippen molar-refractivity contribution in [1.29, 1.82) is 0 Å². The van der Waals surface area contributed by atoms with E-state index in [4.69, 9.17) is 16.1 Å². The fourth-order valence-corrected chi connectivity index (χ4v) is 2.74. The normalized spacial score (nSPS) is 23.3. The van der Waals surface area contributed by atoms with Crippen molar-refractivity contribution in [3.8, 4) is 0 Å². The smallest absolute Gasteiger partial charge is 0.241 e. The van der Waals surface area contributed by atoms with Crippen molar-refractivity contribution >= 4 is 23.4 Å². The molecule has 2 heterocycles. The third-order valence-electron chi connectivity index (χ3n) is 2.07. The average Bonchev–Trinajstić information content (AvgIpc) is 2.67. The van der Waals surface area contributed by atoms with E-state index in [0.29, 0.717) is 17.0 Å². The molecule has 72 valence electrons. The summed E-state index contributed by atoms with van der Waals surface area (Å²) < 4.78 is 4.96. The molecule has 0 bridgehead atoms. The maximum atomic E-state index is 5.58. The summed E-state index contributed by atoms with van der Waals surface area (Å²) >= 11 is 7.49. The van der Waals surface area contributed by atoms with Crippen molar-refractivity contribution in [2.75, 3.05) is 5.75 Å². The first-order valence-corrected chi connectivity index (χ1v) is 5.98. The number of halogens is 1. The van der Waals surface area contributed by atoms with Gasteiger partial charge in [0.25, 0.3) is 0 Å². The largest absolute Gasteiger partial charge is 0.338 e. The number of aromatic nitrogens is 2. The standard InChI is InChI=1S/C8H11ClN2OS/c9-5-7-10-8(11-12-7)6-3-1-2-4-13-6/h6H,1-5H2. The van der Waals surface area contributed by atoms with E-state index in [0.717, 1.165) is 12.2 Å². The maximum absolute atomic E-state index is 5.58. The number of hydrogen-bond donors (Lipinski definition) is 0. The van der Waals surface area contributed by atoms with Crippen LogP contribution in [0, 0.1) is 0 Å². The molecular formula is C8H11ClN2OS. The number of hydrogen-bond acceptors (Lipinski definition) is 4. The Morgan fingerprint density at radius 2 is 2.46 bits per heavy atom.